The van der Waals surface area contributed by atoms with Crippen LogP contribution in [0.3, 0.4) is 0 Å². The first-order valence-corrected chi connectivity index (χ1v) is 1.92. The Hall–Kier alpha value is -0.820. The van der Waals surface area contributed by atoms with Crippen molar-refractivity contribution >= 4 is 0 Å². The van der Waals surface area contributed by atoms with E-state index in [9.17, 15) is 8.92 Å². The molecular weight excluding hydrogens is 114 g/mol. The third-order valence-corrected chi connectivity index (χ3v) is 0.279. The second-order valence-corrected chi connectivity index (χ2v) is 0.662. The molecule has 0 aliphatic rings. The molecule has 0 aromatic heterocycles. The quantitative estimate of drug-likeness (QED) is 0.382. The minimum atomic E-state index is 0.500. The van der Waals surface area contributed by atoms with Crippen LogP contribution in [0.25, 0.3) is 0 Å². The van der Waals surface area contributed by atoms with Crippen molar-refractivity contribution < 1.29 is 13.9 Å². The Bertz CT molecular complexity index is 74.5. The molecule has 0 radical (unpaired) electrons. The Kier molecular flexibility index (Phi) is 20.9. The molecule has 1 nitrogen and oxygen atoms in total. The lowest BCUT2D eigenvalue weighted by atomic mass is 10.7. The molecule has 0 aliphatic heterocycles. The zero-order valence-corrected chi connectivity index (χ0v) is 4.82. The lowest BCUT2D eigenvalue weighted by molar-refractivity contribution is -0.0614. The number of hydrogen-bond acceptors (Lipinski definition) is 1. The van der Waals surface area contributed by atoms with Crippen LogP contribution in [0, 0.1) is 0 Å². The predicted molar refractivity (Wildman–Crippen MR) is 27.6 cm³/mol. The van der Waals surface area contributed by atoms with E-state index in [1.54, 1.807) is 13.0 Å². The van der Waals surface area contributed by atoms with Crippen molar-refractivity contribution in [1.82, 2.24) is 0 Å². The van der Waals surface area contributed by atoms with Crippen LogP contribution in [0.5, 0.6) is 0 Å². The fourth-order valence-corrected chi connectivity index (χ4v) is 0.0938. The number of halogens is 2. The topological polar surface area (TPSA) is 9.23 Å². The second kappa shape index (κ2) is 16.4. The van der Waals surface area contributed by atoms with Gasteiger partial charge in [-0.25, -0.2) is 0 Å². The number of allylic oxidation sites excluding steroid dienone is 1. The van der Waals surface area contributed by atoms with Crippen LogP contribution in [-0.4, -0.2) is 7.18 Å². The number of rotatable bonds is 1. The fourth-order valence-electron chi connectivity index (χ4n) is 0.0938. The minimum Gasteiger partial charge on any atom is -0.294 e. The van der Waals surface area contributed by atoms with Gasteiger partial charge in [0.25, 0.3) is 0 Å². The maximum Gasteiger partial charge on any atom is 0.177 e. The van der Waals surface area contributed by atoms with Crippen LogP contribution < -0.4 is 0 Å². The Morgan fingerprint density at radius 2 is 2.00 bits per heavy atom. The summed E-state index contributed by atoms with van der Waals surface area (Å²) in [5, 5.41) is 0. The zero-order chi connectivity index (χ0) is 6.83. The molecule has 3 heteroatoms. The van der Waals surface area contributed by atoms with E-state index < -0.39 is 0 Å². The van der Waals surface area contributed by atoms with Crippen LogP contribution in [0.1, 0.15) is 6.92 Å². The van der Waals surface area contributed by atoms with E-state index in [0.29, 0.717) is 7.18 Å². The average Bonchev–Trinajstić information content (AvgIpc) is 1.88. The van der Waals surface area contributed by atoms with Gasteiger partial charge in [-0.3, -0.25) is 9.33 Å². The first kappa shape index (κ1) is 10.2. The van der Waals surface area contributed by atoms with Gasteiger partial charge < -0.3 is 0 Å². The lowest BCUT2D eigenvalue weighted by Gasteiger charge is -1.64. The molecule has 0 bridgehead atoms. The van der Waals surface area contributed by atoms with Gasteiger partial charge in [0, 0.05) is 4.53 Å². The van der Waals surface area contributed by atoms with E-state index in [4.69, 9.17) is 0 Å². The van der Waals surface area contributed by atoms with Crippen molar-refractivity contribution in [3.05, 3.63) is 18.1 Å². The molecule has 0 atom stereocenters. The van der Waals surface area contributed by atoms with Crippen LogP contribution in [0.4, 0.5) is 8.92 Å². The first-order valence-electron chi connectivity index (χ1n) is 1.92. The van der Waals surface area contributed by atoms with E-state index in [2.05, 4.69) is 10.7 Å². The first-order chi connectivity index (χ1) is 3.91. The van der Waals surface area contributed by atoms with Crippen molar-refractivity contribution in [3.63, 3.8) is 0 Å². The number of hydrogen-bond donors (Lipinski definition) is 0. The van der Waals surface area contributed by atoms with Gasteiger partial charge in [-0.2, -0.15) is 0 Å². The summed E-state index contributed by atoms with van der Waals surface area (Å²) in [6.45, 7) is 1.72. The summed E-state index contributed by atoms with van der Waals surface area (Å²) in [6.07, 6.45) is 2.37. The fraction of sp³-hybridized carbons (Fsp3) is 0.400. The molecule has 0 fully saturated rings. The van der Waals surface area contributed by atoms with E-state index in [1.165, 1.54) is 0 Å². The lowest BCUT2D eigenvalue weighted by Crippen LogP contribution is -1.46. The highest BCUT2D eigenvalue weighted by molar-refractivity contribution is 4.72. The maximum absolute atomic E-state index is 10.5. The molecule has 0 saturated carbocycles. The maximum atomic E-state index is 10.5. The van der Waals surface area contributed by atoms with E-state index in [1.807, 2.05) is 0 Å². The van der Waals surface area contributed by atoms with Gasteiger partial charge in [0.2, 0.25) is 0 Å². The van der Waals surface area contributed by atoms with Gasteiger partial charge in [0.05, 0.1) is 7.18 Å². The third-order valence-electron chi connectivity index (χ3n) is 0.279. The molecule has 0 unspecified atom stereocenters. The molecule has 0 spiro atoms. The van der Waals surface area contributed by atoms with Crippen LogP contribution in [0.2, 0.25) is 0 Å². The Morgan fingerprint density at radius 3 is 2.12 bits per heavy atom. The van der Waals surface area contributed by atoms with Gasteiger partial charge in [0.1, 0.15) is 0 Å². The van der Waals surface area contributed by atoms with E-state index in [-0.39, 0.29) is 0 Å². The zero-order valence-electron chi connectivity index (χ0n) is 4.82. The molecule has 0 amide bonds. The summed E-state index contributed by atoms with van der Waals surface area (Å²) in [6, 6.07) is 0. The summed E-state index contributed by atoms with van der Waals surface area (Å²) in [5.41, 5.74) is 2.35. The largest absolute Gasteiger partial charge is 0.294 e. The highest BCUT2D eigenvalue weighted by Gasteiger charge is 1.52. The normalized spacial score (nSPS) is 5.00. The monoisotopic (exact) mass is 122 g/mol. The van der Waals surface area contributed by atoms with Gasteiger partial charge >= 0.3 is 0 Å². The van der Waals surface area contributed by atoms with Gasteiger partial charge in [0.15, 0.2) is 6.26 Å². The third kappa shape index (κ3) is 19.0. The minimum absolute atomic E-state index is 0.500. The van der Waals surface area contributed by atoms with E-state index in [0.717, 1.165) is 6.26 Å². The second-order valence-electron chi connectivity index (χ2n) is 0.662. The van der Waals surface area contributed by atoms with Crippen molar-refractivity contribution in [3.8, 4) is 0 Å². The molecule has 0 aliphatic carbocycles. The average molecular weight is 122 g/mol. The highest BCUT2D eigenvalue weighted by atomic mass is 19.3. The van der Waals surface area contributed by atoms with E-state index >= 15 is 0 Å². The molecule has 0 saturated heterocycles. The summed E-state index contributed by atoms with van der Waals surface area (Å²) in [4.78, 5) is 3.01. The van der Waals surface area contributed by atoms with Crippen molar-refractivity contribution in [1.29, 1.82) is 0 Å². The summed E-state index contributed by atoms with van der Waals surface area (Å²) < 4.78 is 20.0. The Morgan fingerprint density at radius 1 is 1.50 bits per heavy atom. The van der Waals surface area contributed by atoms with Gasteiger partial charge in [-0.15, -0.1) is 0 Å². The molecule has 0 rings (SSSR count). The SMILES string of the molecule is CC=C=COF.CF. The summed E-state index contributed by atoms with van der Waals surface area (Å²) >= 11 is 0. The molecule has 0 aromatic rings. The molecular formula is C5H8F2O. The Balaban J connectivity index is 0. The highest BCUT2D eigenvalue weighted by Crippen LogP contribution is 1.70. The van der Waals surface area contributed by atoms with Crippen molar-refractivity contribution in [2.45, 2.75) is 6.92 Å². The molecule has 0 aromatic carbocycles. The molecule has 0 N–H and O–H groups in total. The predicted octanol–water partition coefficient (Wildman–Crippen LogP) is 2.16. The molecule has 0 heterocycles. The molecule has 8 heavy (non-hydrogen) atoms. The Labute approximate surface area is 47.2 Å². The van der Waals surface area contributed by atoms with Gasteiger partial charge in [-0.05, 0) is 13.0 Å². The van der Waals surface area contributed by atoms with Crippen LogP contribution in [-0.2, 0) is 4.94 Å². The van der Waals surface area contributed by atoms with Crippen LogP contribution in [0.15, 0.2) is 18.1 Å². The summed E-state index contributed by atoms with van der Waals surface area (Å²) in [5.74, 6) is 0. The van der Waals surface area contributed by atoms with Crippen LogP contribution >= 0.6 is 0 Å². The number of alkyl halides is 1. The van der Waals surface area contributed by atoms with Gasteiger partial charge in [-0.1, -0.05) is 5.73 Å². The standard InChI is InChI=1S/C4H5FO.CH3F/c1-2-3-4-6-5;1-2/h2,4H,1H3;1H3. The van der Waals surface area contributed by atoms with Crippen molar-refractivity contribution in [2.75, 3.05) is 7.18 Å². The van der Waals surface area contributed by atoms with Crippen molar-refractivity contribution in [2.24, 2.45) is 0 Å². The summed E-state index contributed by atoms with van der Waals surface area (Å²) in [7, 11) is 0.500. The smallest absolute Gasteiger partial charge is 0.177 e. The molecule has 48 valence electrons.